The fraction of sp³-hybridized carbons (Fsp3) is 0.467. The second-order valence-electron chi connectivity index (χ2n) is 6.00. The molecule has 0 saturated heterocycles. The molecule has 0 aliphatic carbocycles. The van der Waals surface area contributed by atoms with Crippen molar-refractivity contribution in [3.8, 4) is 0 Å². The van der Waals surface area contributed by atoms with E-state index in [1.807, 2.05) is 25.1 Å². The third kappa shape index (κ3) is 3.62. The minimum Gasteiger partial charge on any atom is -0.271 e. The van der Waals surface area contributed by atoms with Gasteiger partial charge in [-0.2, -0.15) is 0 Å². The molecule has 0 radical (unpaired) electrons. The standard InChI is InChI=1S/C15H22N4S/c1-10-6-5-7-11(17-10)12(19-16)8-14-18-13(9-20-14)15(2,3)4/h5-7,9,12,19H,8,16H2,1-4H3. The molecular formula is C15H22N4S. The molecule has 0 bridgehead atoms. The maximum atomic E-state index is 5.68. The van der Waals surface area contributed by atoms with Gasteiger partial charge in [0.25, 0.3) is 0 Å². The van der Waals surface area contributed by atoms with Crippen LogP contribution in [0.4, 0.5) is 0 Å². The molecule has 2 rings (SSSR count). The van der Waals surface area contributed by atoms with Crippen molar-refractivity contribution in [2.45, 2.75) is 45.6 Å². The Labute approximate surface area is 124 Å². The Hall–Kier alpha value is -1.30. The molecule has 5 heteroatoms. The Morgan fingerprint density at radius 3 is 2.60 bits per heavy atom. The van der Waals surface area contributed by atoms with Gasteiger partial charge in [0.2, 0.25) is 0 Å². The minimum absolute atomic E-state index is 0.00568. The topological polar surface area (TPSA) is 63.8 Å². The van der Waals surface area contributed by atoms with Crippen molar-refractivity contribution in [3.05, 3.63) is 45.7 Å². The highest BCUT2D eigenvalue weighted by molar-refractivity contribution is 7.09. The summed E-state index contributed by atoms with van der Waals surface area (Å²) in [6.07, 6.45) is 0.758. The molecule has 2 heterocycles. The number of pyridine rings is 1. The highest BCUT2D eigenvalue weighted by Crippen LogP contribution is 2.26. The van der Waals surface area contributed by atoms with Crippen molar-refractivity contribution in [1.29, 1.82) is 0 Å². The normalized spacial score (nSPS) is 13.4. The zero-order chi connectivity index (χ0) is 14.8. The summed E-state index contributed by atoms with van der Waals surface area (Å²) >= 11 is 1.68. The maximum absolute atomic E-state index is 5.68. The fourth-order valence-corrected chi connectivity index (χ4v) is 3.00. The maximum Gasteiger partial charge on any atom is 0.0948 e. The Morgan fingerprint density at radius 2 is 2.05 bits per heavy atom. The van der Waals surface area contributed by atoms with Crippen LogP contribution in [0.15, 0.2) is 23.6 Å². The molecule has 1 atom stereocenters. The predicted molar refractivity (Wildman–Crippen MR) is 83.6 cm³/mol. The average Bonchev–Trinajstić information content (AvgIpc) is 2.84. The molecule has 0 fully saturated rings. The smallest absolute Gasteiger partial charge is 0.0948 e. The first-order valence-electron chi connectivity index (χ1n) is 6.74. The third-order valence-corrected chi connectivity index (χ3v) is 4.04. The van der Waals surface area contributed by atoms with Gasteiger partial charge in [-0.25, -0.2) is 4.98 Å². The average molecular weight is 290 g/mol. The molecule has 4 nitrogen and oxygen atoms in total. The number of hydrogen-bond acceptors (Lipinski definition) is 5. The number of rotatable bonds is 4. The van der Waals surface area contributed by atoms with Gasteiger partial charge < -0.3 is 0 Å². The summed E-state index contributed by atoms with van der Waals surface area (Å²) in [4.78, 5) is 9.24. The molecule has 2 aromatic heterocycles. The van der Waals surface area contributed by atoms with Crippen molar-refractivity contribution in [1.82, 2.24) is 15.4 Å². The van der Waals surface area contributed by atoms with Gasteiger partial charge in [0.1, 0.15) is 0 Å². The molecule has 0 spiro atoms. The van der Waals surface area contributed by atoms with Crippen molar-refractivity contribution in [2.24, 2.45) is 5.84 Å². The third-order valence-electron chi connectivity index (χ3n) is 3.17. The summed E-state index contributed by atoms with van der Waals surface area (Å²) in [7, 11) is 0. The number of nitrogens with two attached hydrogens (primary N) is 1. The molecule has 0 aliphatic rings. The molecule has 1 unspecified atom stereocenters. The quantitative estimate of drug-likeness (QED) is 0.671. The van der Waals surface area contributed by atoms with Gasteiger partial charge >= 0.3 is 0 Å². The van der Waals surface area contributed by atoms with Crippen LogP contribution in [0.25, 0.3) is 0 Å². The van der Waals surface area contributed by atoms with E-state index < -0.39 is 0 Å². The second kappa shape index (κ2) is 5.99. The summed E-state index contributed by atoms with van der Waals surface area (Å²) in [5, 5.41) is 3.22. The Bertz CT molecular complexity index is 571. The second-order valence-corrected chi connectivity index (χ2v) is 6.95. The molecule has 0 saturated carbocycles. The zero-order valence-electron chi connectivity index (χ0n) is 12.5. The van der Waals surface area contributed by atoms with Gasteiger partial charge in [-0.3, -0.25) is 16.3 Å². The van der Waals surface area contributed by atoms with Crippen LogP contribution in [-0.2, 0) is 11.8 Å². The molecule has 2 aromatic rings. The molecule has 0 aromatic carbocycles. The summed E-state index contributed by atoms with van der Waals surface area (Å²) < 4.78 is 0. The zero-order valence-corrected chi connectivity index (χ0v) is 13.3. The van der Waals surface area contributed by atoms with Crippen LogP contribution in [0, 0.1) is 6.92 Å². The molecule has 108 valence electrons. The lowest BCUT2D eigenvalue weighted by Crippen LogP contribution is -2.30. The summed E-state index contributed by atoms with van der Waals surface area (Å²) in [5.74, 6) is 5.68. The van der Waals surface area contributed by atoms with Crippen LogP contribution < -0.4 is 11.3 Å². The van der Waals surface area contributed by atoms with E-state index in [9.17, 15) is 0 Å². The van der Waals surface area contributed by atoms with E-state index >= 15 is 0 Å². The van der Waals surface area contributed by atoms with E-state index in [2.05, 4.69) is 36.6 Å². The van der Waals surface area contributed by atoms with Crippen LogP contribution in [-0.4, -0.2) is 9.97 Å². The highest BCUT2D eigenvalue weighted by atomic mass is 32.1. The Kier molecular flexibility index (Phi) is 4.52. The van der Waals surface area contributed by atoms with E-state index in [-0.39, 0.29) is 11.5 Å². The van der Waals surface area contributed by atoms with Gasteiger partial charge in [-0.1, -0.05) is 26.8 Å². The monoisotopic (exact) mass is 290 g/mol. The Balaban J connectivity index is 2.16. The van der Waals surface area contributed by atoms with E-state index in [1.165, 1.54) is 0 Å². The summed E-state index contributed by atoms with van der Waals surface area (Å²) in [5.41, 5.74) is 6.02. The molecule has 20 heavy (non-hydrogen) atoms. The van der Waals surface area contributed by atoms with Crippen LogP contribution in [0.1, 0.15) is 48.9 Å². The molecule has 0 aliphatic heterocycles. The highest BCUT2D eigenvalue weighted by Gasteiger charge is 2.19. The van der Waals surface area contributed by atoms with Gasteiger partial charge in [0.15, 0.2) is 0 Å². The Morgan fingerprint density at radius 1 is 1.30 bits per heavy atom. The first kappa shape index (κ1) is 15.1. The lowest BCUT2D eigenvalue weighted by molar-refractivity contribution is 0.529. The lowest BCUT2D eigenvalue weighted by atomic mass is 9.93. The summed E-state index contributed by atoms with van der Waals surface area (Å²) in [6.45, 7) is 8.50. The van der Waals surface area contributed by atoms with Gasteiger partial charge in [-0.05, 0) is 19.1 Å². The van der Waals surface area contributed by atoms with Crippen LogP contribution in [0.2, 0.25) is 0 Å². The number of thiazole rings is 1. The lowest BCUT2D eigenvalue weighted by Gasteiger charge is -2.16. The van der Waals surface area contributed by atoms with Crippen molar-refractivity contribution >= 4 is 11.3 Å². The molecule has 3 N–H and O–H groups in total. The number of aryl methyl sites for hydroxylation is 1. The van der Waals surface area contributed by atoms with Gasteiger partial charge in [-0.15, -0.1) is 11.3 Å². The van der Waals surface area contributed by atoms with E-state index in [4.69, 9.17) is 10.8 Å². The fourth-order valence-electron chi connectivity index (χ4n) is 1.93. The van der Waals surface area contributed by atoms with Gasteiger partial charge in [0.05, 0.1) is 22.4 Å². The largest absolute Gasteiger partial charge is 0.271 e. The van der Waals surface area contributed by atoms with Crippen molar-refractivity contribution < 1.29 is 0 Å². The van der Waals surface area contributed by atoms with E-state index in [0.29, 0.717) is 0 Å². The number of nitrogens with one attached hydrogen (secondary N) is 1. The number of hydrazine groups is 1. The van der Waals surface area contributed by atoms with E-state index in [0.717, 1.165) is 28.5 Å². The first-order valence-corrected chi connectivity index (χ1v) is 7.62. The van der Waals surface area contributed by atoms with E-state index in [1.54, 1.807) is 11.3 Å². The van der Waals surface area contributed by atoms with Crippen LogP contribution >= 0.6 is 11.3 Å². The molecule has 0 amide bonds. The first-order chi connectivity index (χ1) is 9.40. The minimum atomic E-state index is -0.00568. The van der Waals surface area contributed by atoms with Crippen molar-refractivity contribution in [3.63, 3.8) is 0 Å². The molecular weight excluding hydrogens is 268 g/mol. The van der Waals surface area contributed by atoms with Crippen molar-refractivity contribution in [2.75, 3.05) is 0 Å². The SMILES string of the molecule is Cc1cccc(C(Cc2nc(C(C)(C)C)cs2)NN)n1. The van der Waals surface area contributed by atoms with Crippen LogP contribution in [0.3, 0.4) is 0 Å². The van der Waals surface area contributed by atoms with Crippen LogP contribution in [0.5, 0.6) is 0 Å². The number of hydrogen-bond donors (Lipinski definition) is 2. The van der Waals surface area contributed by atoms with Gasteiger partial charge in [0, 0.05) is 22.9 Å². The predicted octanol–water partition coefficient (Wildman–Crippen LogP) is 2.89. The number of nitrogens with zero attached hydrogens (tertiary/aromatic N) is 2. The number of aromatic nitrogens is 2. The summed E-state index contributed by atoms with van der Waals surface area (Å²) in [6, 6.07) is 5.98.